The first-order valence-corrected chi connectivity index (χ1v) is 7.62. The van der Waals surface area contributed by atoms with Crippen molar-refractivity contribution in [1.82, 2.24) is 4.98 Å². The van der Waals surface area contributed by atoms with Crippen LogP contribution in [0.15, 0.2) is 53.0 Å². The van der Waals surface area contributed by atoms with Gasteiger partial charge < -0.3 is 22.1 Å². The predicted octanol–water partition coefficient (Wildman–Crippen LogP) is 0.349. The highest BCUT2D eigenvalue weighted by Crippen LogP contribution is 2.27. The molecule has 3 rings (SSSR count). The molecule has 0 aliphatic carbocycles. The van der Waals surface area contributed by atoms with E-state index in [1.165, 1.54) is 0 Å². The normalized spacial score (nSPS) is 10.3. The van der Waals surface area contributed by atoms with E-state index in [2.05, 4.69) is 20.9 Å². The highest BCUT2D eigenvalue weighted by molar-refractivity contribution is 9.10. The van der Waals surface area contributed by atoms with Gasteiger partial charge in [0.1, 0.15) is 5.69 Å². The fourth-order valence-corrected chi connectivity index (χ4v) is 2.93. The van der Waals surface area contributed by atoms with E-state index in [0.29, 0.717) is 5.82 Å². The molecule has 4 nitrogen and oxygen atoms in total. The molecule has 2 aromatic carbocycles. The standard InChI is InChI=1S/C17H13BrN2O2.BrH/c1-11-19-15-8-7-13(18)9-14(15)17(20(11)10-16(21)22)12-5-3-2-4-6-12;/h2-9H,10H2,1H3;1H. The number of carboxylic acid groups (broad SMARTS) is 1. The molecule has 23 heavy (non-hydrogen) atoms. The molecule has 0 saturated carbocycles. The third-order valence-corrected chi connectivity index (χ3v) is 3.99. The molecule has 0 aliphatic rings. The number of halogens is 2. The summed E-state index contributed by atoms with van der Waals surface area (Å²) in [6, 6.07) is 15.6. The number of rotatable bonds is 3. The molecule has 3 aromatic rings. The van der Waals surface area contributed by atoms with Crippen LogP contribution in [-0.2, 0) is 11.3 Å². The summed E-state index contributed by atoms with van der Waals surface area (Å²) >= 11 is 3.48. The summed E-state index contributed by atoms with van der Waals surface area (Å²) in [6.07, 6.45) is 0. The molecule has 0 atom stereocenters. The molecule has 118 valence electrons. The smallest absolute Gasteiger partial charge is 0.346 e. The van der Waals surface area contributed by atoms with Crippen LogP contribution in [0.3, 0.4) is 0 Å². The van der Waals surface area contributed by atoms with Crippen molar-refractivity contribution in [3.63, 3.8) is 0 Å². The fourth-order valence-electron chi connectivity index (χ4n) is 2.57. The van der Waals surface area contributed by atoms with E-state index >= 15 is 0 Å². The van der Waals surface area contributed by atoms with Crippen LogP contribution >= 0.6 is 15.9 Å². The van der Waals surface area contributed by atoms with Gasteiger partial charge in [-0.3, -0.25) is 0 Å². The van der Waals surface area contributed by atoms with Crippen molar-refractivity contribution in [2.24, 2.45) is 0 Å². The van der Waals surface area contributed by atoms with Gasteiger partial charge >= 0.3 is 5.97 Å². The van der Waals surface area contributed by atoms with Crippen molar-refractivity contribution >= 4 is 32.8 Å². The van der Waals surface area contributed by atoms with Crippen molar-refractivity contribution < 1.29 is 31.4 Å². The Bertz CT molecular complexity index is 867. The molecule has 0 fully saturated rings. The Morgan fingerprint density at radius 1 is 1.22 bits per heavy atom. The Balaban J connectivity index is 0.00000192. The highest BCUT2D eigenvalue weighted by Gasteiger charge is 2.22. The molecule has 0 spiro atoms. The summed E-state index contributed by atoms with van der Waals surface area (Å²) in [5.41, 5.74) is 2.69. The Hall–Kier alpha value is -1.79. The maximum absolute atomic E-state index is 11.2. The zero-order valence-corrected chi connectivity index (χ0v) is 15.5. The van der Waals surface area contributed by atoms with Crippen LogP contribution in [-0.4, -0.2) is 16.1 Å². The molecule has 6 heteroatoms. The van der Waals surface area contributed by atoms with Crippen molar-refractivity contribution in [2.45, 2.75) is 13.5 Å². The van der Waals surface area contributed by atoms with Gasteiger partial charge in [0.05, 0.1) is 5.39 Å². The van der Waals surface area contributed by atoms with Crippen LogP contribution in [0.25, 0.3) is 22.2 Å². The van der Waals surface area contributed by atoms with E-state index in [-0.39, 0.29) is 23.5 Å². The van der Waals surface area contributed by atoms with Crippen LogP contribution < -0.4 is 21.5 Å². The minimum absolute atomic E-state index is 0. The van der Waals surface area contributed by atoms with E-state index in [9.17, 15) is 9.90 Å². The Morgan fingerprint density at radius 3 is 2.57 bits per heavy atom. The number of aromatic nitrogens is 2. The second-order valence-electron chi connectivity index (χ2n) is 5.02. The number of fused-ring (bicyclic) bond motifs is 1. The lowest BCUT2D eigenvalue weighted by Crippen LogP contribution is -3.00. The lowest BCUT2D eigenvalue weighted by Gasteiger charge is -2.10. The zero-order chi connectivity index (χ0) is 15.7. The van der Waals surface area contributed by atoms with Gasteiger partial charge in [-0.05, 0) is 23.2 Å². The molecule has 0 bridgehead atoms. The second-order valence-corrected chi connectivity index (χ2v) is 5.93. The van der Waals surface area contributed by atoms with Crippen molar-refractivity contribution in [1.29, 1.82) is 0 Å². The summed E-state index contributed by atoms with van der Waals surface area (Å²) in [7, 11) is 0. The number of hydrogen-bond acceptors (Lipinski definition) is 2. The lowest BCUT2D eigenvalue weighted by molar-refractivity contribution is -0.682. The summed E-state index contributed by atoms with van der Waals surface area (Å²) < 4.78 is 2.68. The number of aliphatic carboxylic acids is 1. The summed E-state index contributed by atoms with van der Waals surface area (Å²) in [4.78, 5) is 15.8. The number of hydrogen-bond donors (Lipinski definition) is 1. The first-order chi connectivity index (χ1) is 10.6. The Kier molecular flexibility index (Phi) is 5.49. The third kappa shape index (κ3) is 3.59. The lowest BCUT2D eigenvalue weighted by atomic mass is 10.1. The van der Waals surface area contributed by atoms with Gasteiger partial charge in [-0.1, -0.05) is 46.3 Å². The molecule has 0 unspecified atom stereocenters. The quantitative estimate of drug-likeness (QED) is 0.601. The van der Waals surface area contributed by atoms with E-state index < -0.39 is 5.97 Å². The molecule has 0 radical (unpaired) electrons. The topological polar surface area (TPSA) is 54.1 Å². The van der Waals surface area contributed by atoms with Gasteiger partial charge in [0.15, 0.2) is 12.1 Å². The van der Waals surface area contributed by atoms with Crippen LogP contribution in [0.2, 0.25) is 0 Å². The first-order valence-electron chi connectivity index (χ1n) is 6.83. The van der Waals surface area contributed by atoms with Crippen LogP contribution in [0, 0.1) is 6.92 Å². The molecule has 0 aliphatic heterocycles. The largest absolute Gasteiger partial charge is 1.00 e. The average Bonchev–Trinajstić information content (AvgIpc) is 2.49. The van der Waals surface area contributed by atoms with Crippen molar-refractivity contribution in [3.05, 3.63) is 58.8 Å². The van der Waals surface area contributed by atoms with Crippen LogP contribution in [0.5, 0.6) is 0 Å². The van der Waals surface area contributed by atoms with E-state index in [1.807, 2.05) is 55.5 Å². The van der Waals surface area contributed by atoms with Gasteiger partial charge in [-0.15, -0.1) is 0 Å². The molecule has 1 N–H and O–H groups in total. The minimum atomic E-state index is -0.888. The number of benzene rings is 2. The fraction of sp³-hybridized carbons (Fsp3) is 0.118. The molecule has 0 amide bonds. The zero-order valence-electron chi connectivity index (χ0n) is 12.3. The van der Waals surface area contributed by atoms with E-state index in [1.54, 1.807) is 4.57 Å². The average molecular weight is 438 g/mol. The first kappa shape index (κ1) is 17.6. The van der Waals surface area contributed by atoms with E-state index in [4.69, 9.17) is 0 Å². The Morgan fingerprint density at radius 2 is 1.91 bits per heavy atom. The van der Waals surface area contributed by atoms with Gasteiger partial charge in [0.25, 0.3) is 5.82 Å². The predicted molar refractivity (Wildman–Crippen MR) is 87.4 cm³/mol. The SMILES string of the molecule is Cc1nc2ccc(Br)cc2c(-c2ccccc2)[n+]1CC(=O)O.[Br-]. The third-order valence-electron chi connectivity index (χ3n) is 3.50. The van der Waals surface area contributed by atoms with E-state index in [0.717, 1.165) is 26.6 Å². The molecular formula is C17H14Br2N2O2. The van der Waals surface area contributed by atoms with Crippen LogP contribution in [0.4, 0.5) is 0 Å². The minimum Gasteiger partial charge on any atom is -1.00 e. The molecular weight excluding hydrogens is 424 g/mol. The van der Waals surface area contributed by atoms with Crippen molar-refractivity contribution in [3.8, 4) is 11.3 Å². The summed E-state index contributed by atoms with van der Waals surface area (Å²) in [6.45, 7) is 1.71. The summed E-state index contributed by atoms with van der Waals surface area (Å²) in [5, 5.41) is 10.2. The number of carbonyl (C=O) groups is 1. The number of nitrogens with zero attached hydrogens (tertiary/aromatic N) is 2. The number of carboxylic acids is 1. The number of aryl methyl sites for hydroxylation is 1. The van der Waals surface area contributed by atoms with Gasteiger partial charge in [-0.25, -0.2) is 9.36 Å². The van der Waals surface area contributed by atoms with Gasteiger partial charge in [0, 0.05) is 17.0 Å². The molecule has 1 heterocycles. The van der Waals surface area contributed by atoms with Gasteiger partial charge in [0.2, 0.25) is 0 Å². The molecule has 1 aromatic heterocycles. The van der Waals surface area contributed by atoms with Crippen LogP contribution in [0.1, 0.15) is 5.82 Å². The second kappa shape index (κ2) is 7.19. The summed E-state index contributed by atoms with van der Waals surface area (Å²) in [5.74, 6) is -0.211. The maximum Gasteiger partial charge on any atom is 0.346 e. The monoisotopic (exact) mass is 436 g/mol. The van der Waals surface area contributed by atoms with Gasteiger partial charge in [-0.2, -0.15) is 0 Å². The molecule has 0 saturated heterocycles. The van der Waals surface area contributed by atoms with Crippen molar-refractivity contribution in [2.75, 3.05) is 0 Å². The Labute approximate surface area is 152 Å². The maximum atomic E-state index is 11.2. The highest BCUT2D eigenvalue weighted by atomic mass is 79.9.